The topological polar surface area (TPSA) is 20.2 Å². The van der Waals surface area contributed by atoms with Crippen molar-refractivity contribution >= 4 is 22.6 Å². The monoisotopic (exact) mass is 346 g/mol. The molecule has 0 fully saturated rings. The average Bonchev–Trinajstić information content (AvgIpc) is 2.14. The fourth-order valence-electron chi connectivity index (χ4n) is 1.78. The zero-order valence-electron chi connectivity index (χ0n) is 11.7. The minimum atomic E-state index is 0.113. The first kappa shape index (κ1) is 15.0. The van der Waals surface area contributed by atoms with Gasteiger partial charge in [-0.15, -0.1) is 0 Å². The van der Waals surface area contributed by atoms with Gasteiger partial charge in [-0.1, -0.05) is 53.7 Å². The largest absolute Gasteiger partial charge is 0.392 e. The van der Waals surface area contributed by atoms with E-state index in [1.807, 2.05) is 0 Å². The molecule has 0 unspecified atom stereocenters. The van der Waals surface area contributed by atoms with E-state index in [4.69, 9.17) is 0 Å². The molecule has 2 heteroatoms. The Morgan fingerprint density at radius 2 is 1.53 bits per heavy atom. The van der Waals surface area contributed by atoms with Crippen LogP contribution in [0.25, 0.3) is 0 Å². The molecule has 0 heterocycles. The lowest BCUT2D eigenvalue weighted by Crippen LogP contribution is -2.19. The highest BCUT2D eigenvalue weighted by Crippen LogP contribution is 2.34. The molecule has 17 heavy (non-hydrogen) atoms. The van der Waals surface area contributed by atoms with Crippen molar-refractivity contribution in [2.45, 2.75) is 59.0 Å². The highest BCUT2D eigenvalue weighted by atomic mass is 127. The first-order valence-corrected chi connectivity index (χ1v) is 7.09. The zero-order chi connectivity index (χ0) is 13.4. The van der Waals surface area contributed by atoms with Crippen LogP contribution in [0, 0.1) is 3.57 Å². The van der Waals surface area contributed by atoms with Gasteiger partial charge in [0.15, 0.2) is 0 Å². The third-order valence-corrected chi connectivity index (χ3v) is 4.27. The summed E-state index contributed by atoms with van der Waals surface area (Å²) in [5.74, 6) is 0. The second-order valence-electron chi connectivity index (χ2n) is 6.66. The van der Waals surface area contributed by atoms with Crippen LogP contribution in [0.4, 0.5) is 0 Å². The van der Waals surface area contributed by atoms with E-state index in [9.17, 15) is 5.11 Å². The van der Waals surface area contributed by atoms with Gasteiger partial charge in [0.05, 0.1) is 6.61 Å². The van der Waals surface area contributed by atoms with E-state index in [1.54, 1.807) is 0 Å². The second kappa shape index (κ2) is 4.88. The predicted molar refractivity (Wildman–Crippen MR) is 82.5 cm³/mol. The Morgan fingerprint density at radius 3 is 1.88 bits per heavy atom. The van der Waals surface area contributed by atoms with Crippen LogP contribution in [-0.2, 0) is 17.4 Å². The molecule has 0 aliphatic heterocycles. The maximum atomic E-state index is 9.49. The van der Waals surface area contributed by atoms with Gasteiger partial charge in [0, 0.05) is 3.57 Å². The molecule has 0 radical (unpaired) electrons. The van der Waals surface area contributed by atoms with Gasteiger partial charge in [0.2, 0.25) is 0 Å². The van der Waals surface area contributed by atoms with Crippen LogP contribution in [-0.4, -0.2) is 5.11 Å². The summed E-state index contributed by atoms with van der Waals surface area (Å²) < 4.78 is 1.20. The molecule has 1 N–H and O–H groups in total. The standard InChI is InChI=1S/C15H23IO/c1-14(2,3)11-7-10(9-17)13(16)12(8-11)15(4,5)6/h7-8,17H,9H2,1-6H3. The van der Waals surface area contributed by atoms with Gasteiger partial charge >= 0.3 is 0 Å². The van der Waals surface area contributed by atoms with Crippen molar-refractivity contribution in [3.05, 3.63) is 32.4 Å². The van der Waals surface area contributed by atoms with Crippen LogP contribution in [0.2, 0.25) is 0 Å². The number of hydrogen-bond acceptors (Lipinski definition) is 1. The van der Waals surface area contributed by atoms with Gasteiger partial charge in [-0.25, -0.2) is 0 Å². The van der Waals surface area contributed by atoms with Crippen molar-refractivity contribution in [3.63, 3.8) is 0 Å². The molecule has 1 nitrogen and oxygen atoms in total. The van der Waals surface area contributed by atoms with E-state index in [1.165, 1.54) is 14.7 Å². The number of benzene rings is 1. The molecule has 96 valence electrons. The lowest BCUT2D eigenvalue weighted by Gasteiger charge is -2.27. The van der Waals surface area contributed by atoms with Crippen molar-refractivity contribution in [2.24, 2.45) is 0 Å². The Kier molecular flexibility index (Phi) is 4.30. The van der Waals surface area contributed by atoms with E-state index in [-0.39, 0.29) is 17.4 Å². The van der Waals surface area contributed by atoms with E-state index in [2.05, 4.69) is 76.3 Å². The molecule has 0 amide bonds. The van der Waals surface area contributed by atoms with Crippen molar-refractivity contribution < 1.29 is 5.11 Å². The Bertz CT molecular complexity index is 408. The average molecular weight is 346 g/mol. The van der Waals surface area contributed by atoms with Gasteiger partial charge in [0.25, 0.3) is 0 Å². The van der Waals surface area contributed by atoms with E-state index in [0.29, 0.717) is 0 Å². The van der Waals surface area contributed by atoms with Crippen LogP contribution in [0.3, 0.4) is 0 Å². The van der Waals surface area contributed by atoms with Gasteiger partial charge < -0.3 is 5.11 Å². The highest BCUT2D eigenvalue weighted by Gasteiger charge is 2.23. The van der Waals surface area contributed by atoms with Gasteiger partial charge in [-0.05, 0) is 50.1 Å². The fraction of sp³-hybridized carbons (Fsp3) is 0.600. The normalized spacial score (nSPS) is 12.9. The molecule has 0 bridgehead atoms. The number of hydrogen-bond donors (Lipinski definition) is 1. The molecule has 0 spiro atoms. The Hall–Kier alpha value is -0.0900. The summed E-state index contributed by atoms with van der Waals surface area (Å²) in [7, 11) is 0. The molecular weight excluding hydrogens is 323 g/mol. The fourth-order valence-corrected chi connectivity index (χ4v) is 3.07. The van der Waals surface area contributed by atoms with Gasteiger partial charge in [0.1, 0.15) is 0 Å². The summed E-state index contributed by atoms with van der Waals surface area (Å²) in [4.78, 5) is 0. The molecule has 1 aromatic carbocycles. The summed E-state index contributed by atoms with van der Waals surface area (Å²) in [5, 5.41) is 9.49. The summed E-state index contributed by atoms with van der Waals surface area (Å²) in [6.07, 6.45) is 0. The molecule has 0 aliphatic rings. The van der Waals surface area contributed by atoms with Crippen LogP contribution in [0.15, 0.2) is 12.1 Å². The molecular formula is C15H23IO. The van der Waals surface area contributed by atoms with E-state index in [0.717, 1.165) is 5.56 Å². The number of aliphatic hydroxyl groups excluding tert-OH is 1. The minimum absolute atomic E-state index is 0.113. The highest BCUT2D eigenvalue weighted by molar-refractivity contribution is 14.1. The summed E-state index contributed by atoms with van der Waals surface area (Å²) in [6.45, 7) is 13.4. The van der Waals surface area contributed by atoms with Crippen molar-refractivity contribution in [1.82, 2.24) is 0 Å². The predicted octanol–water partition coefficient (Wildman–Crippen LogP) is 4.38. The summed E-state index contributed by atoms with van der Waals surface area (Å²) in [5.41, 5.74) is 3.90. The van der Waals surface area contributed by atoms with Crippen molar-refractivity contribution in [3.8, 4) is 0 Å². The molecule has 0 atom stereocenters. The van der Waals surface area contributed by atoms with E-state index < -0.39 is 0 Å². The lowest BCUT2D eigenvalue weighted by atomic mass is 9.79. The molecule has 0 saturated carbocycles. The Balaban J connectivity index is 3.50. The van der Waals surface area contributed by atoms with E-state index >= 15 is 0 Å². The molecule has 0 saturated heterocycles. The van der Waals surface area contributed by atoms with Crippen molar-refractivity contribution in [1.29, 1.82) is 0 Å². The second-order valence-corrected chi connectivity index (χ2v) is 7.73. The zero-order valence-corrected chi connectivity index (χ0v) is 13.8. The third kappa shape index (κ3) is 3.44. The quantitative estimate of drug-likeness (QED) is 0.749. The van der Waals surface area contributed by atoms with Crippen molar-refractivity contribution in [2.75, 3.05) is 0 Å². The first-order valence-electron chi connectivity index (χ1n) is 6.01. The van der Waals surface area contributed by atoms with Crippen LogP contribution >= 0.6 is 22.6 Å². The molecule has 0 aliphatic carbocycles. The summed E-state index contributed by atoms with van der Waals surface area (Å²) >= 11 is 2.35. The number of rotatable bonds is 1. The smallest absolute Gasteiger partial charge is 0.0692 e. The lowest BCUT2D eigenvalue weighted by molar-refractivity contribution is 0.280. The number of aliphatic hydroxyl groups is 1. The Morgan fingerprint density at radius 1 is 1.00 bits per heavy atom. The third-order valence-electron chi connectivity index (χ3n) is 2.99. The van der Waals surface area contributed by atoms with Crippen LogP contribution < -0.4 is 0 Å². The SMILES string of the molecule is CC(C)(C)c1cc(CO)c(I)c(C(C)(C)C)c1. The number of halogens is 1. The van der Waals surface area contributed by atoms with Crippen LogP contribution in [0.1, 0.15) is 58.2 Å². The van der Waals surface area contributed by atoms with Crippen LogP contribution in [0.5, 0.6) is 0 Å². The molecule has 1 rings (SSSR count). The first-order chi connectivity index (χ1) is 7.57. The van der Waals surface area contributed by atoms with Gasteiger partial charge in [-0.2, -0.15) is 0 Å². The molecule has 0 aromatic heterocycles. The summed E-state index contributed by atoms with van der Waals surface area (Å²) in [6, 6.07) is 4.43. The maximum absolute atomic E-state index is 9.49. The van der Waals surface area contributed by atoms with Gasteiger partial charge in [-0.3, -0.25) is 0 Å². The molecule has 1 aromatic rings. The minimum Gasteiger partial charge on any atom is -0.392 e. The Labute approximate surface area is 119 Å². The maximum Gasteiger partial charge on any atom is 0.0692 e.